The van der Waals surface area contributed by atoms with E-state index in [4.69, 9.17) is 4.74 Å². The molecule has 1 aromatic rings. The highest BCUT2D eigenvalue weighted by Gasteiger charge is 2.62. The van der Waals surface area contributed by atoms with Crippen LogP contribution < -0.4 is 15.4 Å². The number of sulfonamides is 1. The molecule has 3 N–H and O–H groups in total. The molecule has 1 aromatic carbocycles. The Morgan fingerprint density at radius 3 is 2.59 bits per heavy atom. The second kappa shape index (κ2) is 11.4. The smallest absolute Gasteiger partial charge is 0.411 e. The third kappa shape index (κ3) is 6.39. The number of carbonyl (C=O) groups is 4. The zero-order valence-electron chi connectivity index (χ0n) is 22.8. The fourth-order valence-electron chi connectivity index (χ4n) is 5.74. The maximum atomic E-state index is 14.0. The number of fused-ring (bicyclic) bond motifs is 2. The Hall–Kier alpha value is -3.48. The summed E-state index contributed by atoms with van der Waals surface area (Å²) in [4.78, 5) is 54.6. The van der Waals surface area contributed by atoms with E-state index in [-0.39, 0.29) is 36.8 Å². The van der Waals surface area contributed by atoms with Crippen molar-refractivity contribution in [3.8, 4) is 0 Å². The molecule has 5 rings (SSSR count). The van der Waals surface area contributed by atoms with Gasteiger partial charge in [-0.2, -0.15) is 0 Å². The van der Waals surface area contributed by atoms with Crippen LogP contribution in [0.3, 0.4) is 0 Å². The average molecular weight is 591 g/mol. The Bertz CT molecular complexity index is 1360. The van der Waals surface area contributed by atoms with Crippen LogP contribution in [-0.4, -0.2) is 67.6 Å². The lowest BCUT2D eigenvalue weighted by molar-refractivity contribution is -0.140. The number of rotatable bonds is 5. The Morgan fingerprint density at radius 1 is 1.12 bits per heavy atom. The van der Waals surface area contributed by atoms with E-state index < -0.39 is 62.5 Å². The fourth-order valence-corrected chi connectivity index (χ4v) is 7.11. The molecular formula is C28H35FN4O7S. The second-order valence-corrected chi connectivity index (χ2v) is 13.4. The molecule has 4 amide bonds. The first-order valence-electron chi connectivity index (χ1n) is 14.0. The van der Waals surface area contributed by atoms with Crippen molar-refractivity contribution in [2.75, 3.05) is 18.9 Å². The van der Waals surface area contributed by atoms with Crippen molar-refractivity contribution in [1.82, 2.24) is 14.9 Å². The van der Waals surface area contributed by atoms with E-state index >= 15 is 0 Å². The number of halogens is 1. The van der Waals surface area contributed by atoms with Gasteiger partial charge in [-0.1, -0.05) is 24.3 Å². The molecule has 41 heavy (non-hydrogen) atoms. The molecule has 13 heteroatoms. The summed E-state index contributed by atoms with van der Waals surface area (Å²) in [7, 11) is -2.18. The molecule has 11 nitrogen and oxygen atoms in total. The summed E-state index contributed by atoms with van der Waals surface area (Å²) in [6, 6.07) is 5.60. The average Bonchev–Trinajstić information content (AvgIpc) is 3.84. The molecule has 0 radical (unpaired) electrons. The van der Waals surface area contributed by atoms with E-state index in [0.29, 0.717) is 25.8 Å². The molecule has 0 bridgehead atoms. The van der Waals surface area contributed by atoms with Crippen LogP contribution in [0.1, 0.15) is 51.4 Å². The van der Waals surface area contributed by atoms with Gasteiger partial charge in [0, 0.05) is 19.5 Å². The molecule has 1 heterocycles. The molecule has 0 aromatic heterocycles. The van der Waals surface area contributed by atoms with E-state index in [0.717, 1.165) is 12.8 Å². The molecule has 0 spiro atoms. The van der Waals surface area contributed by atoms with E-state index in [1.807, 2.05) is 12.2 Å². The number of hydrogen-bond acceptors (Lipinski definition) is 7. The molecule has 5 atom stereocenters. The molecule has 0 saturated heterocycles. The Balaban J connectivity index is 1.35. The van der Waals surface area contributed by atoms with Gasteiger partial charge in [0.25, 0.3) is 5.91 Å². The molecule has 4 aliphatic rings. The van der Waals surface area contributed by atoms with Gasteiger partial charge in [-0.3, -0.25) is 24.4 Å². The summed E-state index contributed by atoms with van der Waals surface area (Å²) >= 11 is 0. The van der Waals surface area contributed by atoms with Crippen LogP contribution >= 0.6 is 0 Å². The van der Waals surface area contributed by atoms with E-state index in [9.17, 15) is 32.0 Å². The van der Waals surface area contributed by atoms with Crippen molar-refractivity contribution in [1.29, 1.82) is 0 Å². The molecule has 222 valence electrons. The van der Waals surface area contributed by atoms with Crippen LogP contribution in [0, 0.1) is 23.6 Å². The summed E-state index contributed by atoms with van der Waals surface area (Å²) in [6.45, 7) is 0.492. The minimum atomic E-state index is -3.84. The van der Waals surface area contributed by atoms with E-state index in [1.54, 1.807) is 18.0 Å². The van der Waals surface area contributed by atoms with E-state index in [2.05, 4.69) is 15.4 Å². The summed E-state index contributed by atoms with van der Waals surface area (Å²) in [5.41, 5.74) is -1.51. The third-order valence-electron chi connectivity index (χ3n) is 8.38. The molecule has 3 fully saturated rings. The van der Waals surface area contributed by atoms with Crippen LogP contribution in [0.25, 0.3) is 0 Å². The summed E-state index contributed by atoms with van der Waals surface area (Å²) < 4.78 is 46.7. The number of hydrogen-bond donors (Lipinski definition) is 3. The zero-order valence-corrected chi connectivity index (χ0v) is 23.6. The molecule has 3 aliphatic carbocycles. The van der Waals surface area contributed by atoms with Gasteiger partial charge in [-0.25, -0.2) is 17.6 Å². The van der Waals surface area contributed by atoms with Crippen molar-refractivity contribution in [3.63, 3.8) is 0 Å². The monoisotopic (exact) mass is 590 g/mol. The van der Waals surface area contributed by atoms with Crippen molar-refractivity contribution >= 4 is 39.5 Å². The standard InChI is InChI=1S/C28H35FN4O7S/c1-33-13-7-3-2-4-8-17-16-28(17,26(36)32-41(38,39)19-11-12-19)31-24(34)20-14-18(15-21(20)25(33)35)40-27(37)30-23-10-6-5-9-22(23)29/h4-6,8-10,17-21H,2-3,7,11-16H2,1H3,(H,30,37)(H,31,34)(H,32,36)/b8-4-/t17-,18-,20-,21-,28-/m1/s1. The van der Waals surface area contributed by atoms with Gasteiger partial charge < -0.3 is 15.0 Å². The highest BCUT2D eigenvalue weighted by atomic mass is 32.2. The lowest BCUT2D eigenvalue weighted by atomic mass is 9.93. The lowest BCUT2D eigenvalue weighted by Gasteiger charge is -2.26. The van der Waals surface area contributed by atoms with Gasteiger partial charge in [-0.05, 0) is 63.5 Å². The lowest BCUT2D eigenvalue weighted by Crippen LogP contribution is -2.54. The largest absolute Gasteiger partial charge is 0.446 e. The third-order valence-corrected chi connectivity index (χ3v) is 10.2. The SMILES string of the molecule is CN1CCCC/C=C\[C@@H]2C[C@@]2(C(=O)NS(=O)(=O)C2CC2)NC(=O)[C@@H]2C[C@@H](OC(=O)Nc3ccccc3F)C[C@H]2C1=O. The molecule has 3 saturated carbocycles. The van der Waals surface area contributed by atoms with Crippen LogP contribution in [0.2, 0.25) is 0 Å². The Morgan fingerprint density at radius 2 is 1.85 bits per heavy atom. The highest BCUT2D eigenvalue weighted by Crippen LogP contribution is 2.47. The summed E-state index contributed by atoms with van der Waals surface area (Å²) in [5, 5.41) is 4.53. The summed E-state index contributed by atoms with van der Waals surface area (Å²) in [6.07, 6.45) is 5.57. The number of amides is 4. The zero-order chi connectivity index (χ0) is 29.4. The quantitative estimate of drug-likeness (QED) is 0.446. The summed E-state index contributed by atoms with van der Waals surface area (Å²) in [5.74, 6) is -4.41. The minimum Gasteiger partial charge on any atom is -0.446 e. The number of anilines is 1. The van der Waals surface area contributed by atoms with Crippen molar-refractivity contribution in [2.24, 2.45) is 17.8 Å². The minimum absolute atomic E-state index is 0.0132. The van der Waals surface area contributed by atoms with Gasteiger partial charge in [0.1, 0.15) is 17.5 Å². The normalized spacial score (nSPS) is 31.1. The topological polar surface area (TPSA) is 151 Å². The first-order valence-corrected chi connectivity index (χ1v) is 15.6. The van der Waals surface area contributed by atoms with Gasteiger partial charge in [0.15, 0.2) is 0 Å². The van der Waals surface area contributed by atoms with Crippen molar-refractivity contribution in [3.05, 3.63) is 42.2 Å². The van der Waals surface area contributed by atoms with Gasteiger partial charge in [-0.15, -0.1) is 0 Å². The molecule has 0 unspecified atom stereocenters. The van der Waals surface area contributed by atoms with Crippen LogP contribution in [0.15, 0.2) is 36.4 Å². The van der Waals surface area contributed by atoms with Crippen molar-refractivity contribution in [2.45, 2.75) is 68.3 Å². The van der Waals surface area contributed by atoms with Crippen molar-refractivity contribution < 1.29 is 36.7 Å². The maximum Gasteiger partial charge on any atom is 0.411 e. The van der Waals surface area contributed by atoms with Gasteiger partial charge in [0.05, 0.1) is 22.8 Å². The molecular weight excluding hydrogens is 555 g/mol. The first kappa shape index (κ1) is 29.0. The number of nitrogens with zero attached hydrogens (tertiary/aromatic N) is 1. The Kier molecular flexibility index (Phi) is 8.09. The van der Waals surface area contributed by atoms with Gasteiger partial charge in [0.2, 0.25) is 21.8 Å². The van der Waals surface area contributed by atoms with Crippen LogP contribution in [0.4, 0.5) is 14.9 Å². The number of nitrogens with one attached hydrogen (secondary N) is 3. The molecule has 1 aliphatic heterocycles. The number of allylic oxidation sites excluding steroid dienone is 1. The fraction of sp³-hybridized carbons (Fsp3) is 0.571. The number of para-hydroxylation sites is 1. The Labute approximate surface area is 238 Å². The highest BCUT2D eigenvalue weighted by molar-refractivity contribution is 7.91. The predicted octanol–water partition coefficient (Wildman–Crippen LogP) is 2.45. The van der Waals surface area contributed by atoms with Crippen LogP contribution in [0.5, 0.6) is 0 Å². The second-order valence-electron chi connectivity index (χ2n) is 11.4. The van der Waals surface area contributed by atoms with Gasteiger partial charge >= 0.3 is 6.09 Å². The maximum absolute atomic E-state index is 14.0. The number of carbonyl (C=O) groups excluding carboxylic acids is 4. The van der Waals surface area contributed by atoms with Crippen LogP contribution in [-0.2, 0) is 29.1 Å². The predicted molar refractivity (Wildman–Crippen MR) is 146 cm³/mol. The number of benzene rings is 1. The van der Waals surface area contributed by atoms with E-state index in [1.165, 1.54) is 18.2 Å². The first-order chi connectivity index (χ1) is 19.5. The number of ether oxygens (including phenoxy) is 1.